The Morgan fingerprint density at radius 3 is 0.981 bits per heavy atom. The van der Waals surface area contributed by atoms with E-state index in [0.717, 1.165) is 62.2 Å². The fourth-order valence-electron chi connectivity index (χ4n) is 7.18. The molecule has 0 N–H and O–H groups in total. The second kappa shape index (κ2) is 29.3. The summed E-state index contributed by atoms with van der Waals surface area (Å²) in [5.41, 5.74) is 0. The van der Waals surface area contributed by atoms with Gasteiger partial charge >= 0.3 is 19.8 Å². The number of likely N-dealkylation sites (N-methyl/N-ethyl adjacent to an activating group) is 1. The first-order valence-electron chi connectivity index (χ1n) is 22.2. The largest absolute Gasteiger partial charge is 0.592 e. The molecule has 0 spiro atoms. The average Bonchev–Trinajstić information content (AvgIpc) is 2.99. The van der Waals surface area contributed by atoms with Crippen molar-refractivity contribution >= 4 is 19.8 Å². The van der Waals surface area contributed by atoms with Crippen molar-refractivity contribution in [1.82, 2.24) is 0 Å². The second-order valence-electron chi connectivity index (χ2n) is 19.6. The first-order chi connectivity index (χ1) is 24.7. The molecule has 0 radical (unpaired) electrons. The summed E-state index contributed by atoms with van der Waals surface area (Å²) in [5.74, 6) is 3.42. The number of phosphoric acid groups is 1. The molecule has 0 aliphatic carbocycles. The molecule has 6 unspecified atom stereocenters. The van der Waals surface area contributed by atoms with Crippen LogP contribution in [-0.2, 0) is 27.7 Å². The lowest BCUT2D eigenvalue weighted by atomic mass is 9.91. The van der Waals surface area contributed by atoms with Crippen molar-refractivity contribution < 1.29 is 32.2 Å². The molecule has 316 valence electrons. The number of quaternary nitrogens is 1. The van der Waals surface area contributed by atoms with Crippen molar-refractivity contribution in [1.29, 1.82) is 0 Å². The van der Waals surface area contributed by atoms with Crippen LogP contribution in [-0.4, -0.2) is 50.7 Å². The topological polar surface area (TPSA) is 78.9 Å². The van der Waals surface area contributed by atoms with Crippen LogP contribution in [0.1, 0.15) is 198 Å². The van der Waals surface area contributed by atoms with Crippen LogP contribution in [0.5, 0.6) is 0 Å². The van der Waals surface area contributed by atoms with Gasteiger partial charge in [-0.05, 0) is 47.3 Å². The zero-order valence-corrected chi connectivity index (χ0v) is 38.4. The maximum atomic E-state index is 13.6. The van der Waals surface area contributed by atoms with Gasteiger partial charge in [0, 0.05) is 12.8 Å². The highest BCUT2D eigenvalue weighted by Gasteiger charge is 2.36. The van der Waals surface area contributed by atoms with Crippen molar-refractivity contribution in [2.45, 2.75) is 198 Å². The minimum atomic E-state index is -4.39. The zero-order chi connectivity index (χ0) is 40.5. The van der Waals surface area contributed by atoms with E-state index < -0.39 is 19.8 Å². The van der Waals surface area contributed by atoms with E-state index in [1.54, 1.807) is 0 Å². The molecular formula is C45H91NO6P+. The van der Waals surface area contributed by atoms with Crippen molar-refractivity contribution in [3.05, 3.63) is 0 Å². The van der Waals surface area contributed by atoms with Crippen LogP contribution in [0.2, 0.25) is 0 Å². The third-order valence-electron chi connectivity index (χ3n) is 11.0. The van der Waals surface area contributed by atoms with Crippen molar-refractivity contribution in [2.75, 3.05) is 34.3 Å². The van der Waals surface area contributed by atoms with E-state index in [9.17, 15) is 14.2 Å². The van der Waals surface area contributed by atoms with Gasteiger partial charge < -0.3 is 13.5 Å². The van der Waals surface area contributed by atoms with E-state index >= 15 is 0 Å². The number of hydrogen-bond acceptors (Lipinski definition) is 6. The Hall–Kier alpha value is -0.910. The van der Waals surface area contributed by atoms with Crippen molar-refractivity contribution in [3.8, 4) is 0 Å². The Labute approximate surface area is 330 Å². The van der Waals surface area contributed by atoms with Gasteiger partial charge in [-0.2, -0.15) is 0 Å². The van der Waals surface area contributed by atoms with E-state index in [-0.39, 0.29) is 31.3 Å². The predicted octanol–water partition coefficient (Wildman–Crippen LogP) is 13.8. The van der Waals surface area contributed by atoms with Crippen molar-refractivity contribution in [2.24, 2.45) is 47.3 Å². The van der Waals surface area contributed by atoms with Gasteiger partial charge in [-0.1, -0.05) is 185 Å². The Morgan fingerprint density at radius 2 is 0.717 bits per heavy atom. The second-order valence-corrected chi connectivity index (χ2v) is 21.2. The van der Waals surface area contributed by atoms with Crippen LogP contribution >= 0.6 is 7.82 Å². The molecule has 53 heavy (non-hydrogen) atoms. The Bertz CT molecular complexity index is 915. The molecule has 0 heterocycles. The van der Waals surface area contributed by atoms with Gasteiger partial charge in [-0.25, -0.2) is 4.57 Å². The van der Waals surface area contributed by atoms with Gasteiger partial charge in [0.25, 0.3) is 0 Å². The van der Waals surface area contributed by atoms with Crippen LogP contribution < -0.4 is 0 Å². The Balaban J connectivity index is 4.68. The van der Waals surface area contributed by atoms with Crippen LogP contribution in [0.15, 0.2) is 0 Å². The lowest BCUT2D eigenvalue weighted by Gasteiger charge is -2.25. The van der Waals surface area contributed by atoms with E-state index in [2.05, 4.69) is 55.4 Å². The summed E-state index contributed by atoms with van der Waals surface area (Å²) in [4.78, 5) is 25.9. The van der Waals surface area contributed by atoms with E-state index in [4.69, 9.17) is 13.6 Å². The van der Waals surface area contributed by atoms with Crippen LogP contribution in [0.25, 0.3) is 0 Å². The first-order valence-corrected chi connectivity index (χ1v) is 23.7. The van der Waals surface area contributed by atoms with E-state index in [1.165, 1.54) is 77.0 Å². The summed E-state index contributed by atoms with van der Waals surface area (Å²) in [7, 11) is 1.58. The van der Waals surface area contributed by atoms with Gasteiger partial charge in [0.05, 0.1) is 21.1 Å². The summed E-state index contributed by atoms with van der Waals surface area (Å²) in [6.45, 7) is 23.3. The number of carbonyl (C=O) groups is 2. The van der Waals surface area contributed by atoms with E-state index in [1.807, 2.05) is 35.0 Å². The molecule has 0 aliphatic rings. The van der Waals surface area contributed by atoms with E-state index in [0.29, 0.717) is 22.9 Å². The third kappa shape index (κ3) is 33.0. The molecule has 0 aromatic heterocycles. The molecule has 0 fully saturated rings. The first kappa shape index (κ1) is 52.1. The fraction of sp³-hybridized carbons (Fsp3) is 0.956. The minimum Gasteiger partial charge on any atom is -0.361 e. The molecule has 8 heteroatoms. The van der Waals surface area contributed by atoms with Gasteiger partial charge in [-0.3, -0.25) is 14.1 Å². The number of rotatable bonds is 34. The molecule has 0 saturated heterocycles. The van der Waals surface area contributed by atoms with Crippen LogP contribution in [0, 0.1) is 47.3 Å². The highest BCUT2D eigenvalue weighted by Crippen LogP contribution is 2.50. The predicted molar refractivity (Wildman–Crippen MR) is 226 cm³/mol. The number of carbonyl (C=O) groups excluding carboxylic acids is 2. The lowest BCUT2D eigenvalue weighted by molar-refractivity contribution is -0.870. The fourth-order valence-corrected chi connectivity index (χ4v) is 8.28. The maximum absolute atomic E-state index is 13.6. The molecule has 0 bridgehead atoms. The SMILES string of the molecule is CC(C)CCCC(C)CCCC(C)CCCC(C)CC(=O)OP(=O)(OCC[N+](C)(C)C)OC(=O)CC(C)CCCC(C)CCCC(C)CCCC(C)C. The minimum absolute atomic E-state index is 0.0513. The normalized spacial score (nSPS) is 16.9. The summed E-state index contributed by atoms with van der Waals surface area (Å²) in [6.07, 6.45) is 22.1. The number of nitrogens with zero attached hydrogens (tertiary/aromatic N) is 1. The quantitative estimate of drug-likeness (QED) is 0.0479. The summed E-state index contributed by atoms with van der Waals surface area (Å²) in [5, 5.41) is 0. The third-order valence-corrected chi connectivity index (χ3v) is 12.4. The van der Waals surface area contributed by atoms with Gasteiger partial charge in [0.15, 0.2) is 0 Å². The van der Waals surface area contributed by atoms with Crippen LogP contribution in [0.4, 0.5) is 0 Å². The number of phosphoric ester groups is 1. The van der Waals surface area contributed by atoms with Crippen LogP contribution in [0.3, 0.4) is 0 Å². The summed E-state index contributed by atoms with van der Waals surface area (Å²) >= 11 is 0. The van der Waals surface area contributed by atoms with Crippen molar-refractivity contribution in [3.63, 3.8) is 0 Å². The molecule has 6 atom stereocenters. The smallest absolute Gasteiger partial charge is 0.361 e. The van der Waals surface area contributed by atoms with Gasteiger partial charge in [-0.15, -0.1) is 0 Å². The molecule has 0 amide bonds. The average molecular weight is 773 g/mol. The molecule has 0 rings (SSSR count). The summed E-state index contributed by atoms with van der Waals surface area (Å²) < 4.78 is 30.5. The number of hydrogen-bond donors (Lipinski definition) is 0. The molecule has 0 aromatic carbocycles. The highest BCUT2D eigenvalue weighted by atomic mass is 31.2. The zero-order valence-electron chi connectivity index (χ0n) is 37.5. The Kier molecular flexibility index (Phi) is 28.8. The highest BCUT2D eigenvalue weighted by molar-refractivity contribution is 7.49. The molecule has 0 saturated carbocycles. The maximum Gasteiger partial charge on any atom is 0.592 e. The molecule has 0 aromatic rings. The summed E-state index contributed by atoms with van der Waals surface area (Å²) in [6, 6.07) is 0. The monoisotopic (exact) mass is 773 g/mol. The Morgan fingerprint density at radius 1 is 0.453 bits per heavy atom. The van der Waals surface area contributed by atoms with Gasteiger partial charge in [0.1, 0.15) is 13.2 Å². The molecular weight excluding hydrogens is 681 g/mol. The lowest BCUT2D eigenvalue weighted by Crippen LogP contribution is -2.37. The standard InChI is InChI=1S/C45H91NO6P/c1-36(2)20-14-22-38(5)24-16-26-40(7)28-18-30-42(9)34-44(47)51-53(49,50-33-32-46(11,12)13)52-45(48)35-43(10)31-19-29-41(8)27-17-25-39(6)23-15-21-37(3)4/h36-43H,14-35H2,1-13H3/q+1. The molecule has 7 nitrogen and oxygen atoms in total. The molecule has 0 aliphatic heterocycles. The van der Waals surface area contributed by atoms with Gasteiger partial charge in [0.2, 0.25) is 0 Å².